The van der Waals surface area contributed by atoms with E-state index >= 15 is 0 Å². The van der Waals surface area contributed by atoms with Crippen molar-refractivity contribution in [1.82, 2.24) is 10.3 Å². The second-order valence-corrected chi connectivity index (χ2v) is 7.58. The summed E-state index contributed by atoms with van der Waals surface area (Å²) in [5.41, 5.74) is 2.46. The molecule has 0 aliphatic carbocycles. The second-order valence-electron chi connectivity index (χ2n) is 7.58. The Labute approximate surface area is 175 Å². The minimum absolute atomic E-state index is 0.106. The predicted octanol–water partition coefficient (Wildman–Crippen LogP) is 4.45. The summed E-state index contributed by atoms with van der Waals surface area (Å²) in [5, 5.41) is 3.59. The van der Waals surface area contributed by atoms with Crippen LogP contribution in [0.2, 0.25) is 0 Å². The van der Waals surface area contributed by atoms with Crippen LogP contribution in [0, 0.1) is 5.82 Å². The average Bonchev–Trinajstić information content (AvgIpc) is 2.79. The molecule has 6 heteroatoms. The maximum atomic E-state index is 14.2. The van der Waals surface area contributed by atoms with Gasteiger partial charge in [-0.15, -0.1) is 0 Å². The third-order valence-electron chi connectivity index (χ3n) is 5.65. The molecule has 0 saturated heterocycles. The number of fused-ring (bicyclic) bond motifs is 2. The van der Waals surface area contributed by atoms with Crippen molar-refractivity contribution in [3.63, 3.8) is 0 Å². The standard InChI is InChI=1S/C24H26FN3O2/c1-3-17(4-2)27-24(29)22-15-28(20-9-5-6-10-21(20)30-22)14-16-11-12-19(25)18-8-7-13-26-23(16)18/h5-13,17,22H,3-4,14-15H2,1-2H3,(H,27,29). The zero-order valence-corrected chi connectivity index (χ0v) is 17.3. The number of rotatable bonds is 6. The number of ether oxygens (including phenoxy) is 1. The van der Waals surface area contributed by atoms with Crippen LogP contribution >= 0.6 is 0 Å². The Bertz CT molecular complexity index is 1050. The monoisotopic (exact) mass is 407 g/mol. The van der Waals surface area contributed by atoms with E-state index in [0.29, 0.717) is 29.7 Å². The van der Waals surface area contributed by atoms with Gasteiger partial charge < -0.3 is 15.0 Å². The second kappa shape index (κ2) is 8.69. The van der Waals surface area contributed by atoms with E-state index in [1.165, 1.54) is 6.07 Å². The minimum Gasteiger partial charge on any atom is -0.477 e. The van der Waals surface area contributed by atoms with Crippen LogP contribution in [0.15, 0.2) is 54.7 Å². The summed E-state index contributed by atoms with van der Waals surface area (Å²) in [7, 11) is 0. The summed E-state index contributed by atoms with van der Waals surface area (Å²) >= 11 is 0. The third-order valence-corrected chi connectivity index (χ3v) is 5.65. The molecule has 0 saturated carbocycles. The summed E-state index contributed by atoms with van der Waals surface area (Å²) < 4.78 is 20.2. The maximum Gasteiger partial charge on any atom is 0.263 e. The van der Waals surface area contributed by atoms with E-state index in [0.717, 1.165) is 24.1 Å². The van der Waals surface area contributed by atoms with Crippen LogP contribution in [0.1, 0.15) is 32.3 Å². The van der Waals surface area contributed by atoms with Gasteiger partial charge in [-0.2, -0.15) is 0 Å². The number of aromatic nitrogens is 1. The summed E-state index contributed by atoms with van der Waals surface area (Å²) in [6.07, 6.45) is 2.82. The SMILES string of the molecule is CCC(CC)NC(=O)C1CN(Cc2ccc(F)c3cccnc23)c2ccccc2O1. The highest BCUT2D eigenvalue weighted by Gasteiger charge is 2.31. The van der Waals surface area contributed by atoms with E-state index in [9.17, 15) is 9.18 Å². The van der Waals surface area contributed by atoms with Gasteiger partial charge in [-0.3, -0.25) is 9.78 Å². The normalized spacial score (nSPS) is 15.7. The number of carbonyl (C=O) groups is 1. The van der Waals surface area contributed by atoms with E-state index in [2.05, 4.69) is 29.0 Å². The largest absolute Gasteiger partial charge is 0.477 e. The van der Waals surface area contributed by atoms with Crippen LogP contribution in [0.3, 0.4) is 0 Å². The van der Waals surface area contributed by atoms with Crippen molar-refractivity contribution in [3.05, 3.63) is 66.1 Å². The molecule has 0 radical (unpaired) electrons. The molecular weight excluding hydrogens is 381 g/mol. The maximum absolute atomic E-state index is 14.2. The lowest BCUT2D eigenvalue weighted by molar-refractivity contribution is -0.128. The van der Waals surface area contributed by atoms with E-state index in [1.54, 1.807) is 24.4 Å². The number of benzene rings is 2. The third kappa shape index (κ3) is 3.95. The van der Waals surface area contributed by atoms with Gasteiger partial charge in [0.25, 0.3) is 5.91 Å². The molecule has 30 heavy (non-hydrogen) atoms. The molecule has 0 bridgehead atoms. The van der Waals surface area contributed by atoms with Gasteiger partial charge in [-0.05, 0) is 48.7 Å². The van der Waals surface area contributed by atoms with Gasteiger partial charge in [0.05, 0.1) is 17.7 Å². The first-order valence-corrected chi connectivity index (χ1v) is 10.4. The molecule has 1 N–H and O–H groups in total. The molecular formula is C24H26FN3O2. The van der Waals surface area contributed by atoms with Crippen molar-refractivity contribution in [2.45, 2.75) is 45.4 Å². The molecule has 1 aliphatic heterocycles. The molecule has 1 aromatic heterocycles. The molecule has 1 aliphatic rings. The predicted molar refractivity (Wildman–Crippen MR) is 116 cm³/mol. The van der Waals surface area contributed by atoms with E-state index in [-0.39, 0.29) is 17.8 Å². The zero-order valence-electron chi connectivity index (χ0n) is 17.3. The van der Waals surface area contributed by atoms with Crippen molar-refractivity contribution in [2.24, 2.45) is 0 Å². The number of carbonyl (C=O) groups excluding carboxylic acids is 1. The van der Waals surface area contributed by atoms with Crippen LogP contribution in [-0.4, -0.2) is 29.6 Å². The molecule has 0 spiro atoms. The highest BCUT2D eigenvalue weighted by atomic mass is 19.1. The quantitative estimate of drug-likeness (QED) is 0.656. The van der Waals surface area contributed by atoms with Crippen LogP contribution in [0.5, 0.6) is 5.75 Å². The number of halogens is 1. The molecule has 1 amide bonds. The summed E-state index contributed by atoms with van der Waals surface area (Å²) in [5.74, 6) is 0.282. The van der Waals surface area contributed by atoms with E-state index < -0.39 is 6.10 Å². The number of nitrogens with zero attached hydrogens (tertiary/aromatic N) is 2. The highest BCUT2D eigenvalue weighted by molar-refractivity contribution is 5.84. The van der Waals surface area contributed by atoms with Gasteiger partial charge in [-0.25, -0.2) is 4.39 Å². The number of amides is 1. The van der Waals surface area contributed by atoms with Crippen LogP contribution in [-0.2, 0) is 11.3 Å². The van der Waals surface area contributed by atoms with E-state index in [4.69, 9.17) is 4.74 Å². The van der Waals surface area contributed by atoms with E-state index in [1.807, 2.05) is 24.3 Å². The van der Waals surface area contributed by atoms with Gasteiger partial charge in [0.2, 0.25) is 0 Å². The Balaban J connectivity index is 1.64. The van der Waals surface area contributed by atoms with Crippen molar-refractivity contribution in [3.8, 4) is 5.75 Å². The lowest BCUT2D eigenvalue weighted by Gasteiger charge is -2.36. The van der Waals surface area contributed by atoms with Gasteiger partial charge in [0.1, 0.15) is 11.6 Å². The molecule has 1 atom stereocenters. The van der Waals surface area contributed by atoms with Crippen molar-refractivity contribution < 1.29 is 13.9 Å². The first-order valence-electron chi connectivity index (χ1n) is 10.4. The number of hydrogen-bond acceptors (Lipinski definition) is 4. The number of pyridine rings is 1. The average molecular weight is 407 g/mol. The number of para-hydroxylation sites is 2. The highest BCUT2D eigenvalue weighted by Crippen LogP contribution is 2.35. The van der Waals surface area contributed by atoms with Crippen molar-refractivity contribution in [1.29, 1.82) is 0 Å². The van der Waals surface area contributed by atoms with Crippen LogP contribution < -0.4 is 15.0 Å². The minimum atomic E-state index is -0.611. The molecule has 2 aromatic carbocycles. The smallest absolute Gasteiger partial charge is 0.263 e. The number of hydrogen-bond donors (Lipinski definition) is 1. The molecule has 4 rings (SSSR count). The Hall–Kier alpha value is -3.15. The molecule has 1 unspecified atom stereocenters. The Morgan fingerprint density at radius 2 is 2.00 bits per heavy atom. The Kier molecular flexibility index (Phi) is 5.84. The molecule has 0 fully saturated rings. The first-order chi connectivity index (χ1) is 14.6. The lowest BCUT2D eigenvalue weighted by atomic mass is 10.1. The Morgan fingerprint density at radius 3 is 2.80 bits per heavy atom. The molecule has 3 aromatic rings. The number of anilines is 1. The Morgan fingerprint density at radius 1 is 1.20 bits per heavy atom. The number of nitrogens with one attached hydrogen (secondary N) is 1. The van der Waals surface area contributed by atoms with Crippen molar-refractivity contribution >= 4 is 22.5 Å². The van der Waals surface area contributed by atoms with Crippen molar-refractivity contribution in [2.75, 3.05) is 11.4 Å². The molecule has 5 nitrogen and oxygen atoms in total. The molecule has 2 heterocycles. The van der Waals surface area contributed by atoms with Gasteiger partial charge in [0.15, 0.2) is 6.10 Å². The lowest BCUT2D eigenvalue weighted by Crippen LogP contribution is -2.51. The fourth-order valence-corrected chi connectivity index (χ4v) is 3.91. The zero-order chi connectivity index (χ0) is 21.1. The molecule has 156 valence electrons. The van der Waals surface area contributed by atoms with Gasteiger partial charge in [0, 0.05) is 24.2 Å². The fraction of sp³-hybridized carbons (Fsp3) is 0.333. The van der Waals surface area contributed by atoms with Crippen LogP contribution in [0.25, 0.3) is 10.9 Å². The summed E-state index contributed by atoms with van der Waals surface area (Å²) in [6, 6.07) is 14.5. The van der Waals surface area contributed by atoms with Gasteiger partial charge >= 0.3 is 0 Å². The first kappa shape index (κ1) is 20.1. The summed E-state index contributed by atoms with van der Waals surface area (Å²) in [4.78, 5) is 19.4. The summed E-state index contributed by atoms with van der Waals surface area (Å²) in [6.45, 7) is 5.03. The topological polar surface area (TPSA) is 54.5 Å². The fourth-order valence-electron chi connectivity index (χ4n) is 3.91. The van der Waals surface area contributed by atoms with Gasteiger partial charge in [-0.1, -0.05) is 32.0 Å². The van der Waals surface area contributed by atoms with Crippen LogP contribution in [0.4, 0.5) is 10.1 Å².